The van der Waals surface area contributed by atoms with E-state index < -0.39 is 0 Å². The first-order valence-electron chi connectivity index (χ1n) is 6.82. The van der Waals surface area contributed by atoms with E-state index in [0.29, 0.717) is 18.3 Å². The van der Waals surface area contributed by atoms with Crippen molar-refractivity contribution in [2.45, 2.75) is 45.7 Å². The van der Waals surface area contributed by atoms with Crippen molar-refractivity contribution in [3.63, 3.8) is 0 Å². The summed E-state index contributed by atoms with van der Waals surface area (Å²) >= 11 is 0. The predicted octanol–water partition coefficient (Wildman–Crippen LogP) is 0.947. The van der Waals surface area contributed by atoms with Crippen molar-refractivity contribution in [1.82, 2.24) is 20.4 Å². The summed E-state index contributed by atoms with van der Waals surface area (Å²) < 4.78 is 1.77. The van der Waals surface area contributed by atoms with E-state index in [1.165, 1.54) is 12.8 Å². The second-order valence-corrected chi connectivity index (χ2v) is 4.67. The minimum atomic E-state index is -0.0263. The minimum Gasteiger partial charge on any atom is -0.349 e. The third-order valence-electron chi connectivity index (χ3n) is 3.15. The van der Waals surface area contributed by atoms with Gasteiger partial charge >= 0.3 is 0 Å². The van der Waals surface area contributed by atoms with Crippen LogP contribution in [0.1, 0.15) is 42.9 Å². The molecular weight excluding hydrogens is 228 g/mol. The van der Waals surface area contributed by atoms with Crippen LogP contribution in [0.5, 0.6) is 0 Å². The zero-order valence-electron chi connectivity index (χ0n) is 11.2. The van der Waals surface area contributed by atoms with Gasteiger partial charge in [0.1, 0.15) is 5.69 Å². The molecular formula is C13H22N4O. The fraction of sp³-hybridized carbons (Fsp3) is 0.692. The van der Waals surface area contributed by atoms with Crippen LogP contribution in [0.15, 0.2) is 6.07 Å². The van der Waals surface area contributed by atoms with Gasteiger partial charge in [0.2, 0.25) is 0 Å². The summed E-state index contributed by atoms with van der Waals surface area (Å²) in [5.74, 6) is -0.0263. The second-order valence-electron chi connectivity index (χ2n) is 4.67. The zero-order chi connectivity index (χ0) is 13.0. The van der Waals surface area contributed by atoms with Crippen LogP contribution in [0.2, 0.25) is 0 Å². The first kappa shape index (κ1) is 13.1. The Balaban J connectivity index is 1.84. The summed E-state index contributed by atoms with van der Waals surface area (Å²) in [4.78, 5) is 12.0. The van der Waals surface area contributed by atoms with Crippen molar-refractivity contribution in [2.24, 2.45) is 0 Å². The molecule has 0 bridgehead atoms. The number of hydrogen-bond acceptors (Lipinski definition) is 3. The highest BCUT2D eigenvalue weighted by Crippen LogP contribution is 2.17. The smallest absolute Gasteiger partial charge is 0.269 e. The van der Waals surface area contributed by atoms with Crippen LogP contribution in [0.4, 0.5) is 0 Å². The molecule has 5 heteroatoms. The molecule has 2 rings (SSSR count). The molecule has 0 spiro atoms. The molecule has 18 heavy (non-hydrogen) atoms. The molecule has 0 unspecified atom stereocenters. The van der Waals surface area contributed by atoms with Gasteiger partial charge in [-0.1, -0.05) is 6.92 Å². The zero-order valence-corrected chi connectivity index (χ0v) is 11.2. The summed E-state index contributed by atoms with van der Waals surface area (Å²) in [6.45, 7) is 6.29. The Morgan fingerprint density at radius 3 is 2.83 bits per heavy atom. The van der Waals surface area contributed by atoms with Crippen LogP contribution in [0.25, 0.3) is 0 Å². The number of nitrogens with one attached hydrogen (secondary N) is 2. The van der Waals surface area contributed by atoms with E-state index in [1.54, 1.807) is 4.68 Å². The highest BCUT2D eigenvalue weighted by atomic mass is 16.2. The lowest BCUT2D eigenvalue weighted by atomic mass is 10.3. The van der Waals surface area contributed by atoms with Gasteiger partial charge in [0.15, 0.2) is 0 Å². The lowest BCUT2D eigenvalue weighted by Crippen LogP contribution is -2.33. The molecule has 0 aromatic carbocycles. The molecule has 0 saturated heterocycles. The Hall–Kier alpha value is -1.36. The van der Waals surface area contributed by atoms with E-state index in [9.17, 15) is 4.79 Å². The van der Waals surface area contributed by atoms with Gasteiger partial charge in [0.05, 0.1) is 5.69 Å². The number of carbonyl (C=O) groups excluding carboxylic acids is 1. The maximum absolute atomic E-state index is 12.0. The van der Waals surface area contributed by atoms with Crippen LogP contribution in [0, 0.1) is 0 Å². The highest BCUT2D eigenvalue weighted by molar-refractivity contribution is 5.92. The topological polar surface area (TPSA) is 59.0 Å². The Labute approximate surface area is 108 Å². The van der Waals surface area contributed by atoms with E-state index in [1.807, 2.05) is 19.9 Å². The molecule has 1 fully saturated rings. The fourth-order valence-corrected chi connectivity index (χ4v) is 1.90. The number of rotatable bonds is 7. The van der Waals surface area contributed by atoms with Crippen molar-refractivity contribution in [1.29, 1.82) is 0 Å². The van der Waals surface area contributed by atoms with Crippen molar-refractivity contribution >= 4 is 5.91 Å². The number of hydrogen-bond donors (Lipinski definition) is 2. The molecule has 100 valence electrons. The molecule has 0 aliphatic heterocycles. The lowest BCUT2D eigenvalue weighted by molar-refractivity contribution is 0.0943. The molecule has 1 aromatic rings. The largest absolute Gasteiger partial charge is 0.349 e. The fourth-order valence-electron chi connectivity index (χ4n) is 1.90. The van der Waals surface area contributed by atoms with E-state index in [0.717, 1.165) is 25.2 Å². The Morgan fingerprint density at radius 2 is 2.22 bits per heavy atom. The number of amides is 1. The van der Waals surface area contributed by atoms with Crippen molar-refractivity contribution in [3.8, 4) is 0 Å². The third-order valence-corrected chi connectivity index (χ3v) is 3.15. The maximum atomic E-state index is 12.0. The van der Waals surface area contributed by atoms with Crippen molar-refractivity contribution in [2.75, 3.05) is 13.1 Å². The molecule has 1 aliphatic rings. The van der Waals surface area contributed by atoms with Gasteiger partial charge < -0.3 is 10.6 Å². The van der Waals surface area contributed by atoms with E-state index in [4.69, 9.17) is 0 Å². The summed E-state index contributed by atoms with van der Waals surface area (Å²) in [5, 5.41) is 10.7. The maximum Gasteiger partial charge on any atom is 0.269 e. The van der Waals surface area contributed by atoms with E-state index in [2.05, 4.69) is 15.7 Å². The van der Waals surface area contributed by atoms with Gasteiger partial charge in [-0.15, -0.1) is 0 Å². The van der Waals surface area contributed by atoms with Gasteiger partial charge in [0.25, 0.3) is 5.91 Å². The molecule has 1 aliphatic carbocycles. The van der Waals surface area contributed by atoms with Crippen LogP contribution < -0.4 is 10.6 Å². The van der Waals surface area contributed by atoms with Crippen LogP contribution in [-0.2, 0) is 13.0 Å². The minimum absolute atomic E-state index is 0.0263. The number of aryl methyl sites for hydroxylation is 2. The highest BCUT2D eigenvalue weighted by Gasteiger charge is 2.20. The molecule has 5 nitrogen and oxygen atoms in total. The van der Waals surface area contributed by atoms with Crippen LogP contribution in [-0.4, -0.2) is 34.8 Å². The normalized spacial score (nSPS) is 14.8. The van der Waals surface area contributed by atoms with Crippen LogP contribution >= 0.6 is 0 Å². The van der Waals surface area contributed by atoms with Gasteiger partial charge in [-0.25, -0.2) is 0 Å². The summed E-state index contributed by atoms with van der Waals surface area (Å²) in [6, 6.07) is 2.57. The van der Waals surface area contributed by atoms with Gasteiger partial charge in [-0.05, 0) is 32.3 Å². The average Bonchev–Trinajstić information content (AvgIpc) is 3.11. The monoisotopic (exact) mass is 250 g/mol. The van der Waals surface area contributed by atoms with Gasteiger partial charge in [-0.2, -0.15) is 5.10 Å². The van der Waals surface area contributed by atoms with Gasteiger partial charge in [-0.3, -0.25) is 9.48 Å². The van der Waals surface area contributed by atoms with Gasteiger partial charge in [0, 0.05) is 25.7 Å². The molecule has 2 N–H and O–H groups in total. The SMILES string of the molecule is CCc1cc(C(=O)NCCNC2CC2)n(CC)n1. The number of aromatic nitrogens is 2. The van der Waals surface area contributed by atoms with Crippen molar-refractivity contribution < 1.29 is 4.79 Å². The average molecular weight is 250 g/mol. The quantitative estimate of drug-likeness (QED) is 0.708. The Bertz CT molecular complexity index is 409. The predicted molar refractivity (Wildman–Crippen MR) is 70.6 cm³/mol. The molecule has 1 heterocycles. The van der Waals surface area contributed by atoms with E-state index in [-0.39, 0.29) is 5.91 Å². The Morgan fingerprint density at radius 1 is 1.44 bits per heavy atom. The van der Waals surface area contributed by atoms with Crippen molar-refractivity contribution in [3.05, 3.63) is 17.5 Å². The van der Waals surface area contributed by atoms with E-state index >= 15 is 0 Å². The second kappa shape index (κ2) is 6.00. The molecule has 1 amide bonds. The first-order valence-corrected chi connectivity index (χ1v) is 6.82. The third kappa shape index (κ3) is 3.32. The standard InChI is InChI=1S/C13H22N4O/c1-3-10-9-12(17(4-2)16-10)13(18)15-8-7-14-11-5-6-11/h9,11,14H,3-8H2,1-2H3,(H,15,18). The summed E-state index contributed by atoms with van der Waals surface area (Å²) in [6.07, 6.45) is 3.41. The summed E-state index contributed by atoms with van der Waals surface area (Å²) in [5.41, 5.74) is 1.64. The molecule has 0 radical (unpaired) electrons. The first-order chi connectivity index (χ1) is 8.74. The molecule has 1 aromatic heterocycles. The number of carbonyl (C=O) groups is 1. The van der Waals surface area contributed by atoms with Crippen LogP contribution in [0.3, 0.4) is 0 Å². The number of nitrogens with zero attached hydrogens (tertiary/aromatic N) is 2. The Kier molecular flexibility index (Phi) is 4.36. The lowest BCUT2D eigenvalue weighted by Gasteiger charge is -2.07. The molecule has 0 atom stereocenters. The molecule has 1 saturated carbocycles. The summed E-state index contributed by atoms with van der Waals surface area (Å²) in [7, 11) is 0.